The Bertz CT molecular complexity index is 630. The van der Waals surface area contributed by atoms with Crippen LogP contribution in [-0.4, -0.2) is 10.7 Å². The standard InChI is InChI=1S/C28H50O2/c1-20(2)13-10-14-21(3)15-11-16-22(4)17-12-18-28(8,9)30-26-19-23(5)27(29)25(7)24(26)6/h19-22,29H,10-18H2,1-9H3. The monoisotopic (exact) mass is 418 g/mol. The van der Waals surface area contributed by atoms with Crippen LogP contribution < -0.4 is 4.74 Å². The van der Waals surface area contributed by atoms with Gasteiger partial charge in [-0.05, 0) is 88.0 Å². The lowest BCUT2D eigenvalue weighted by molar-refractivity contribution is 0.0935. The van der Waals surface area contributed by atoms with Gasteiger partial charge in [-0.1, -0.05) is 72.6 Å². The maximum atomic E-state index is 10.1. The molecule has 1 N–H and O–H groups in total. The van der Waals surface area contributed by atoms with E-state index in [1.165, 1.54) is 51.4 Å². The fourth-order valence-electron chi connectivity index (χ4n) is 4.34. The van der Waals surface area contributed by atoms with Gasteiger partial charge in [-0.2, -0.15) is 0 Å². The Morgan fingerprint density at radius 1 is 0.800 bits per heavy atom. The number of ether oxygens (including phenoxy) is 1. The van der Waals surface area contributed by atoms with Crippen LogP contribution in [0.1, 0.15) is 116 Å². The third-order valence-corrected chi connectivity index (χ3v) is 6.74. The van der Waals surface area contributed by atoms with E-state index in [2.05, 4.69) is 41.5 Å². The van der Waals surface area contributed by atoms with Gasteiger partial charge in [-0.25, -0.2) is 0 Å². The third-order valence-electron chi connectivity index (χ3n) is 6.74. The first kappa shape index (κ1) is 26.9. The number of hydrogen-bond donors (Lipinski definition) is 1. The molecule has 1 aromatic carbocycles. The Labute approximate surface area is 187 Å². The van der Waals surface area contributed by atoms with Gasteiger partial charge in [-0.3, -0.25) is 0 Å². The van der Waals surface area contributed by atoms with E-state index in [0.29, 0.717) is 5.75 Å². The second-order valence-electron chi connectivity index (χ2n) is 11.0. The molecular formula is C28H50O2. The van der Waals surface area contributed by atoms with E-state index in [0.717, 1.165) is 46.6 Å². The molecular weight excluding hydrogens is 368 g/mol. The van der Waals surface area contributed by atoms with Crippen molar-refractivity contribution in [3.63, 3.8) is 0 Å². The fourth-order valence-corrected chi connectivity index (χ4v) is 4.34. The van der Waals surface area contributed by atoms with Gasteiger partial charge in [0.05, 0.1) is 0 Å². The van der Waals surface area contributed by atoms with E-state index in [1.54, 1.807) is 0 Å². The predicted octanol–water partition coefficient (Wildman–Crippen LogP) is 8.91. The van der Waals surface area contributed by atoms with Crippen molar-refractivity contribution in [2.75, 3.05) is 0 Å². The zero-order valence-corrected chi connectivity index (χ0v) is 21.5. The van der Waals surface area contributed by atoms with E-state index in [9.17, 15) is 5.11 Å². The van der Waals surface area contributed by atoms with Gasteiger partial charge in [0.15, 0.2) is 0 Å². The van der Waals surface area contributed by atoms with Gasteiger partial charge in [0.25, 0.3) is 0 Å². The summed E-state index contributed by atoms with van der Waals surface area (Å²) in [5.41, 5.74) is 2.66. The molecule has 2 nitrogen and oxygen atoms in total. The molecule has 0 aliphatic heterocycles. The van der Waals surface area contributed by atoms with Crippen molar-refractivity contribution in [1.29, 1.82) is 0 Å². The van der Waals surface area contributed by atoms with Gasteiger partial charge in [0, 0.05) is 0 Å². The highest BCUT2D eigenvalue weighted by molar-refractivity contribution is 5.51. The average Bonchev–Trinajstić information content (AvgIpc) is 2.63. The summed E-state index contributed by atoms with van der Waals surface area (Å²) in [4.78, 5) is 0. The number of benzene rings is 1. The molecule has 0 aliphatic rings. The van der Waals surface area contributed by atoms with Crippen LogP contribution in [-0.2, 0) is 0 Å². The smallest absolute Gasteiger partial charge is 0.123 e. The van der Waals surface area contributed by atoms with Gasteiger partial charge >= 0.3 is 0 Å². The molecule has 0 aliphatic carbocycles. The zero-order valence-electron chi connectivity index (χ0n) is 21.5. The first-order valence-corrected chi connectivity index (χ1v) is 12.4. The first-order chi connectivity index (χ1) is 13.9. The van der Waals surface area contributed by atoms with Gasteiger partial charge in [0.1, 0.15) is 17.1 Å². The molecule has 1 rings (SSSR count). The summed E-state index contributed by atoms with van der Waals surface area (Å²) in [6.07, 6.45) is 11.8. The second kappa shape index (κ2) is 12.6. The molecule has 2 atom stereocenters. The highest BCUT2D eigenvalue weighted by Crippen LogP contribution is 2.35. The van der Waals surface area contributed by atoms with Gasteiger partial charge in [-0.15, -0.1) is 0 Å². The molecule has 0 fully saturated rings. The summed E-state index contributed by atoms with van der Waals surface area (Å²) < 4.78 is 6.39. The number of aromatic hydroxyl groups is 1. The SMILES string of the molecule is Cc1cc(OC(C)(C)CCCC(C)CCCC(C)CCCC(C)C)c(C)c(C)c1O. The highest BCUT2D eigenvalue weighted by atomic mass is 16.5. The van der Waals surface area contributed by atoms with Crippen molar-refractivity contribution in [3.8, 4) is 11.5 Å². The van der Waals surface area contributed by atoms with Crippen molar-refractivity contribution in [2.24, 2.45) is 17.8 Å². The van der Waals surface area contributed by atoms with Crippen LogP contribution in [0, 0.1) is 38.5 Å². The summed E-state index contributed by atoms with van der Waals surface area (Å²) in [6.45, 7) is 19.8. The summed E-state index contributed by atoms with van der Waals surface area (Å²) in [7, 11) is 0. The van der Waals surface area contributed by atoms with Gasteiger partial charge < -0.3 is 9.84 Å². The van der Waals surface area contributed by atoms with Crippen molar-refractivity contribution in [2.45, 2.75) is 126 Å². The van der Waals surface area contributed by atoms with Crippen LogP contribution in [0.5, 0.6) is 11.5 Å². The molecule has 0 heterocycles. The largest absolute Gasteiger partial charge is 0.507 e. The lowest BCUT2D eigenvalue weighted by atomic mass is 9.90. The molecule has 0 amide bonds. The minimum Gasteiger partial charge on any atom is -0.507 e. The Balaban J connectivity index is 2.33. The molecule has 2 unspecified atom stereocenters. The quantitative estimate of drug-likeness (QED) is 0.327. The molecule has 30 heavy (non-hydrogen) atoms. The highest BCUT2D eigenvalue weighted by Gasteiger charge is 2.22. The van der Waals surface area contributed by atoms with E-state index < -0.39 is 0 Å². The maximum Gasteiger partial charge on any atom is 0.123 e. The minimum absolute atomic E-state index is 0.189. The molecule has 0 saturated carbocycles. The average molecular weight is 419 g/mol. The minimum atomic E-state index is -0.189. The third kappa shape index (κ3) is 9.75. The Morgan fingerprint density at radius 3 is 1.83 bits per heavy atom. The molecule has 1 aromatic rings. The van der Waals surface area contributed by atoms with Gasteiger partial charge in [0.2, 0.25) is 0 Å². The molecule has 2 heteroatoms. The van der Waals surface area contributed by atoms with E-state index in [1.807, 2.05) is 26.8 Å². The molecule has 0 spiro atoms. The summed E-state index contributed by atoms with van der Waals surface area (Å²) in [6, 6.07) is 1.98. The Morgan fingerprint density at radius 2 is 1.30 bits per heavy atom. The van der Waals surface area contributed by atoms with E-state index in [4.69, 9.17) is 4.74 Å². The van der Waals surface area contributed by atoms with Crippen LogP contribution in [0.2, 0.25) is 0 Å². The molecule has 174 valence electrons. The Kier molecular flexibility index (Phi) is 11.3. The normalized spacial score (nSPS) is 14.2. The van der Waals surface area contributed by atoms with Crippen LogP contribution >= 0.6 is 0 Å². The predicted molar refractivity (Wildman–Crippen MR) is 132 cm³/mol. The van der Waals surface area contributed by atoms with Crippen molar-refractivity contribution in [1.82, 2.24) is 0 Å². The first-order valence-electron chi connectivity index (χ1n) is 12.4. The maximum absolute atomic E-state index is 10.1. The number of aryl methyl sites for hydroxylation is 1. The molecule has 0 bridgehead atoms. The zero-order chi connectivity index (χ0) is 22.9. The van der Waals surface area contributed by atoms with Crippen LogP contribution in [0.3, 0.4) is 0 Å². The van der Waals surface area contributed by atoms with E-state index in [-0.39, 0.29) is 5.60 Å². The molecule has 0 saturated heterocycles. The lowest BCUT2D eigenvalue weighted by Crippen LogP contribution is -2.28. The van der Waals surface area contributed by atoms with Crippen LogP contribution in [0.25, 0.3) is 0 Å². The molecule has 0 aromatic heterocycles. The number of phenolic OH excluding ortho intramolecular Hbond substituents is 1. The van der Waals surface area contributed by atoms with Crippen molar-refractivity contribution >= 4 is 0 Å². The number of hydrogen-bond acceptors (Lipinski definition) is 2. The van der Waals surface area contributed by atoms with E-state index >= 15 is 0 Å². The van der Waals surface area contributed by atoms with Crippen molar-refractivity contribution < 1.29 is 9.84 Å². The lowest BCUT2D eigenvalue weighted by Gasteiger charge is -2.29. The second-order valence-corrected chi connectivity index (χ2v) is 11.0. The fraction of sp³-hybridized carbons (Fsp3) is 0.786. The number of phenols is 1. The summed E-state index contributed by atoms with van der Waals surface area (Å²) in [5, 5.41) is 10.1. The summed E-state index contributed by atoms with van der Waals surface area (Å²) in [5.74, 6) is 3.82. The molecule has 0 radical (unpaired) electrons. The van der Waals surface area contributed by atoms with Crippen LogP contribution in [0.15, 0.2) is 6.07 Å². The Hall–Kier alpha value is -1.18. The van der Waals surface area contributed by atoms with Crippen molar-refractivity contribution in [3.05, 3.63) is 22.8 Å². The topological polar surface area (TPSA) is 29.5 Å². The number of rotatable bonds is 14. The van der Waals surface area contributed by atoms with Crippen LogP contribution in [0.4, 0.5) is 0 Å². The summed E-state index contributed by atoms with van der Waals surface area (Å²) >= 11 is 0.